The Morgan fingerprint density at radius 1 is 1.30 bits per heavy atom. The Morgan fingerprint density at radius 3 is 2.45 bits per heavy atom. The minimum atomic E-state index is -0.817. The van der Waals surface area contributed by atoms with E-state index in [1.54, 1.807) is 7.11 Å². The molecule has 1 atom stereocenters. The number of aromatic nitrogens is 1. The van der Waals surface area contributed by atoms with Crippen molar-refractivity contribution in [2.75, 3.05) is 20.3 Å². The molecular weight excluding hydrogens is 444 g/mol. The van der Waals surface area contributed by atoms with Crippen LogP contribution in [-0.2, 0) is 26.9 Å². The van der Waals surface area contributed by atoms with Crippen LogP contribution in [0, 0.1) is 6.92 Å². The van der Waals surface area contributed by atoms with Gasteiger partial charge in [-0.15, -0.1) is 0 Å². The summed E-state index contributed by atoms with van der Waals surface area (Å²) >= 11 is 6.19. The van der Waals surface area contributed by atoms with Crippen LogP contribution in [0.4, 0.5) is 0 Å². The van der Waals surface area contributed by atoms with Gasteiger partial charge in [-0.05, 0) is 42.7 Å². The van der Waals surface area contributed by atoms with Crippen LogP contribution in [0.5, 0.6) is 5.75 Å². The molecule has 1 amide bonds. The van der Waals surface area contributed by atoms with Gasteiger partial charge in [0, 0.05) is 23.6 Å². The number of carbonyl (C=O) groups is 2. The summed E-state index contributed by atoms with van der Waals surface area (Å²) in [7, 11) is 3.66. The molecule has 0 saturated carbocycles. The predicted molar refractivity (Wildman–Crippen MR) is 128 cm³/mol. The molecule has 7 nitrogen and oxygen atoms in total. The number of benzene rings is 2. The molecule has 1 fully saturated rings. The lowest BCUT2D eigenvalue weighted by Gasteiger charge is -2.41. The molecule has 1 unspecified atom stereocenters. The Kier molecular flexibility index (Phi) is 7.66. The largest absolute Gasteiger partial charge is 0.495 e. The number of aliphatic carboxylic acids is 1. The van der Waals surface area contributed by atoms with Crippen molar-refractivity contribution in [1.82, 2.24) is 9.88 Å². The number of nitrogens with one attached hydrogen (secondary N) is 1. The van der Waals surface area contributed by atoms with Crippen LogP contribution in [0.3, 0.4) is 0 Å². The number of ether oxygens (including phenoxy) is 2. The fourth-order valence-electron chi connectivity index (χ4n) is 3.99. The van der Waals surface area contributed by atoms with E-state index in [2.05, 4.69) is 22.9 Å². The first-order chi connectivity index (χ1) is 15.8. The number of methoxy groups -OCH3 is 1. The second kappa shape index (κ2) is 10.3. The van der Waals surface area contributed by atoms with Crippen molar-refractivity contribution in [3.8, 4) is 5.75 Å². The number of carbonyl (C=O) groups excluding carboxylic acids is 1. The Hall–Kier alpha value is -3.03. The number of amides is 1. The maximum absolute atomic E-state index is 11.1. The lowest BCUT2D eigenvalue weighted by Crippen LogP contribution is -2.57. The van der Waals surface area contributed by atoms with Crippen LogP contribution >= 0.6 is 11.6 Å². The normalized spacial score (nSPS) is 15.1. The molecule has 2 N–H and O–H groups in total. The Morgan fingerprint density at radius 2 is 1.97 bits per heavy atom. The van der Waals surface area contributed by atoms with E-state index in [1.807, 2.05) is 50.4 Å². The van der Waals surface area contributed by atoms with Crippen LogP contribution in [0.25, 0.3) is 10.9 Å². The summed E-state index contributed by atoms with van der Waals surface area (Å²) in [6, 6.07) is 13.3. The molecule has 176 valence electrons. The number of nitrogens with zero attached hydrogens (tertiary/aromatic N) is 1. The summed E-state index contributed by atoms with van der Waals surface area (Å²) in [6.07, 6.45) is 1.22. The minimum absolute atomic E-state index is 0.446. The van der Waals surface area contributed by atoms with Gasteiger partial charge in [-0.3, -0.25) is 9.59 Å². The molecule has 33 heavy (non-hydrogen) atoms. The molecule has 1 saturated heterocycles. The van der Waals surface area contributed by atoms with Gasteiger partial charge in [0.2, 0.25) is 6.41 Å². The van der Waals surface area contributed by atoms with Crippen LogP contribution in [0.2, 0.25) is 5.02 Å². The van der Waals surface area contributed by atoms with Crippen LogP contribution in [0.15, 0.2) is 42.5 Å². The van der Waals surface area contributed by atoms with Gasteiger partial charge in [0.25, 0.3) is 0 Å². The Labute approximate surface area is 198 Å². The molecular formula is C25H29ClN2O5. The highest BCUT2D eigenvalue weighted by Gasteiger charge is 2.40. The molecule has 0 radical (unpaired) electrons. The van der Waals surface area contributed by atoms with Crippen molar-refractivity contribution in [3.63, 3.8) is 0 Å². The minimum Gasteiger partial charge on any atom is -0.495 e. The van der Waals surface area contributed by atoms with Gasteiger partial charge in [-0.2, -0.15) is 0 Å². The first kappa shape index (κ1) is 24.6. The van der Waals surface area contributed by atoms with Crippen LogP contribution < -0.4 is 10.1 Å². The first-order valence-electron chi connectivity index (χ1n) is 10.7. The number of carboxylic acids is 1. The predicted octanol–water partition coefficient (Wildman–Crippen LogP) is 4.39. The third-order valence-corrected chi connectivity index (χ3v) is 6.58. The van der Waals surface area contributed by atoms with Gasteiger partial charge < -0.3 is 24.5 Å². The highest BCUT2D eigenvalue weighted by atomic mass is 35.5. The molecule has 1 aromatic heterocycles. The number of carboxylic acid groups (broad SMARTS) is 1. The molecule has 0 aliphatic carbocycles. The summed E-state index contributed by atoms with van der Waals surface area (Å²) in [5.41, 5.74) is 3.59. The molecule has 0 spiro atoms. The standard InChI is InChI=1S/C14H17NO4.C11H12ClNO/c1-2-12(13(17)18)10-3-5-11(6-4-10)14(15-9-16)7-19-8-14;1-7-6-8-9(13(7)2)4-5-10(14-3)11(8)12/h3-6,9,12H,2,7-8H2,1H3,(H,15,16)(H,17,18);4-6H,1-3H3. The summed E-state index contributed by atoms with van der Waals surface area (Å²) in [6.45, 7) is 4.80. The van der Waals surface area contributed by atoms with E-state index in [0.717, 1.165) is 27.8 Å². The summed E-state index contributed by atoms with van der Waals surface area (Å²) in [5, 5.41) is 13.6. The molecule has 2 heterocycles. The topological polar surface area (TPSA) is 89.8 Å². The maximum atomic E-state index is 11.1. The zero-order valence-corrected chi connectivity index (χ0v) is 20.0. The van der Waals surface area contributed by atoms with Crippen LogP contribution in [0.1, 0.15) is 36.1 Å². The quantitative estimate of drug-likeness (QED) is 0.498. The molecule has 8 heteroatoms. The van der Waals surface area contributed by atoms with Gasteiger partial charge >= 0.3 is 5.97 Å². The van der Waals surface area contributed by atoms with Gasteiger partial charge in [-0.25, -0.2) is 0 Å². The van der Waals surface area contributed by atoms with E-state index in [4.69, 9.17) is 26.2 Å². The molecule has 1 aliphatic heterocycles. The highest BCUT2D eigenvalue weighted by molar-refractivity contribution is 6.37. The fourth-order valence-corrected chi connectivity index (χ4v) is 4.28. The molecule has 4 rings (SSSR count). The van der Waals surface area contributed by atoms with Crippen LogP contribution in [-0.4, -0.2) is 42.4 Å². The van der Waals surface area contributed by atoms with E-state index in [0.29, 0.717) is 31.1 Å². The van der Waals surface area contributed by atoms with Crippen molar-refractivity contribution in [1.29, 1.82) is 0 Å². The lowest BCUT2D eigenvalue weighted by molar-refractivity contribution is -0.138. The van der Waals surface area contributed by atoms with E-state index in [1.165, 1.54) is 5.69 Å². The lowest BCUT2D eigenvalue weighted by atomic mass is 9.86. The number of hydrogen-bond donors (Lipinski definition) is 2. The van der Waals surface area contributed by atoms with Gasteiger partial charge in [0.1, 0.15) is 11.3 Å². The number of aryl methyl sites for hydroxylation is 2. The SMILES string of the molecule is CCC(C(=O)O)c1ccc(C2(NC=O)COC2)cc1.COc1ccc2c(cc(C)n2C)c1Cl. The molecule has 3 aromatic rings. The molecule has 0 bridgehead atoms. The number of fused-ring (bicyclic) bond motifs is 1. The van der Waals surface area contributed by atoms with Gasteiger partial charge in [0.05, 0.1) is 31.3 Å². The van der Waals surface area contributed by atoms with Gasteiger partial charge in [-0.1, -0.05) is 42.8 Å². The van der Waals surface area contributed by atoms with Crippen molar-refractivity contribution in [2.45, 2.75) is 31.7 Å². The third-order valence-electron chi connectivity index (χ3n) is 6.19. The second-order valence-electron chi connectivity index (χ2n) is 8.12. The number of rotatable bonds is 7. The van der Waals surface area contributed by atoms with E-state index >= 15 is 0 Å². The average Bonchev–Trinajstić information content (AvgIpc) is 3.07. The van der Waals surface area contributed by atoms with Crippen molar-refractivity contribution >= 4 is 34.9 Å². The third kappa shape index (κ3) is 4.84. The maximum Gasteiger partial charge on any atom is 0.310 e. The molecule has 1 aliphatic rings. The summed E-state index contributed by atoms with van der Waals surface area (Å²) < 4.78 is 12.4. The zero-order valence-electron chi connectivity index (χ0n) is 19.2. The summed E-state index contributed by atoms with van der Waals surface area (Å²) in [4.78, 5) is 21.8. The highest BCUT2D eigenvalue weighted by Crippen LogP contribution is 2.34. The van der Waals surface area contributed by atoms with E-state index in [9.17, 15) is 9.59 Å². The monoisotopic (exact) mass is 472 g/mol. The Balaban J connectivity index is 0.000000194. The zero-order chi connectivity index (χ0) is 24.2. The van der Waals surface area contributed by atoms with Crippen molar-refractivity contribution in [3.05, 3.63) is 64.3 Å². The van der Waals surface area contributed by atoms with E-state index < -0.39 is 17.4 Å². The first-order valence-corrected chi connectivity index (χ1v) is 11.1. The molecule has 2 aromatic carbocycles. The fraction of sp³-hybridized carbons (Fsp3) is 0.360. The number of halogens is 1. The summed E-state index contributed by atoms with van der Waals surface area (Å²) in [5.74, 6) is -0.575. The van der Waals surface area contributed by atoms with Crippen molar-refractivity contribution in [2.24, 2.45) is 7.05 Å². The second-order valence-corrected chi connectivity index (χ2v) is 8.50. The smallest absolute Gasteiger partial charge is 0.310 e. The Bertz CT molecular complexity index is 1140. The average molecular weight is 473 g/mol. The van der Waals surface area contributed by atoms with Crippen molar-refractivity contribution < 1.29 is 24.2 Å². The number of hydrogen-bond acceptors (Lipinski definition) is 4. The van der Waals surface area contributed by atoms with E-state index in [-0.39, 0.29) is 0 Å². The van der Waals surface area contributed by atoms with Gasteiger partial charge in [0.15, 0.2) is 0 Å².